The number of anilines is 1. The number of amides is 1. The van der Waals surface area contributed by atoms with Crippen molar-refractivity contribution in [2.45, 2.75) is 76.4 Å². The van der Waals surface area contributed by atoms with E-state index in [1.165, 1.54) is 40.0 Å². The number of aromatic nitrogens is 5. The Labute approximate surface area is 248 Å². The second kappa shape index (κ2) is 10.8. The van der Waals surface area contributed by atoms with E-state index in [0.29, 0.717) is 24.0 Å². The quantitative estimate of drug-likeness (QED) is 0.349. The van der Waals surface area contributed by atoms with Crippen LogP contribution in [0.5, 0.6) is 5.88 Å². The highest BCUT2D eigenvalue weighted by Crippen LogP contribution is 2.57. The molecule has 2 aliphatic rings. The Kier molecular flexibility index (Phi) is 7.76. The topological polar surface area (TPSA) is 124 Å². The average Bonchev–Trinajstić information content (AvgIpc) is 3.29. The lowest BCUT2D eigenvalue weighted by Crippen LogP contribution is -2.41. The maximum Gasteiger partial charge on any atom is 0.397 e. The van der Waals surface area contributed by atoms with E-state index in [4.69, 9.17) is 9.72 Å². The normalized spacial score (nSPS) is 19.4. The van der Waals surface area contributed by atoms with Gasteiger partial charge in [0, 0.05) is 31.4 Å². The van der Waals surface area contributed by atoms with Crippen LogP contribution in [0.2, 0.25) is 0 Å². The van der Waals surface area contributed by atoms with Crippen LogP contribution in [0.1, 0.15) is 68.9 Å². The Bertz CT molecular complexity index is 1630. The molecule has 11 nitrogen and oxygen atoms in total. The minimum atomic E-state index is -4.34. The van der Waals surface area contributed by atoms with Crippen LogP contribution in [-0.2, 0) is 17.1 Å². The summed E-state index contributed by atoms with van der Waals surface area (Å²) in [5.41, 5.74) is -1.80. The lowest BCUT2D eigenvalue weighted by molar-refractivity contribution is -0.194. The molecule has 1 aliphatic carbocycles. The summed E-state index contributed by atoms with van der Waals surface area (Å²) >= 11 is 0. The lowest BCUT2D eigenvalue weighted by atomic mass is 9.93. The molecule has 43 heavy (non-hydrogen) atoms. The van der Waals surface area contributed by atoms with Crippen molar-refractivity contribution in [1.82, 2.24) is 29.3 Å². The van der Waals surface area contributed by atoms with Gasteiger partial charge in [-0.05, 0) is 64.5 Å². The standard InChI is InChI=1S/C28H36F3N7O4S/c1-6-7-19-14-26(3,4)37(16-19)24-20(25(39)35-43(40,41)21-15-32-36(5)18(21)2)8-9-22(33-24)38-13-10-23(34-38)42-17-27(11-12-27)28(29,30)31/h8-10,13,15,19H,6-7,11-12,14,16-17H2,1-5H3,(H,35,39)/t19-/m0/s1. The molecular formula is C28H36F3N7O4S. The van der Waals surface area contributed by atoms with Gasteiger partial charge in [0.2, 0.25) is 5.88 Å². The predicted octanol–water partition coefficient (Wildman–Crippen LogP) is 4.55. The van der Waals surface area contributed by atoms with Gasteiger partial charge in [-0.15, -0.1) is 5.10 Å². The first-order valence-corrected chi connectivity index (χ1v) is 15.7. The van der Waals surface area contributed by atoms with E-state index in [9.17, 15) is 26.4 Å². The molecule has 0 bridgehead atoms. The molecule has 1 aliphatic heterocycles. The van der Waals surface area contributed by atoms with E-state index >= 15 is 0 Å². The summed E-state index contributed by atoms with van der Waals surface area (Å²) in [6.45, 7) is 7.88. The van der Waals surface area contributed by atoms with Gasteiger partial charge in [0.15, 0.2) is 5.82 Å². The number of alkyl halides is 3. The fraction of sp³-hybridized carbons (Fsp3) is 0.571. The van der Waals surface area contributed by atoms with Gasteiger partial charge >= 0.3 is 6.18 Å². The Hall–Kier alpha value is -3.62. The smallest absolute Gasteiger partial charge is 0.397 e. The summed E-state index contributed by atoms with van der Waals surface area (Å²) in [6.07, 6.45) is 1.21. The molecule has 3 aromatic rings. The number of ether oxygens (including phenoxy) is 1. The minimum absolute atomic E-state index is 0.0168. The predicted molar refractivity (Wildman–Crippen MR) is 152 cm³/mol. The number of aryl methyl sites for hydroxylation is 1. The molecule has 1 N–H and O–H groups in total. The van der Waals surface area contributed by atoms with Gasteiger partial charge in [-0.1, -0.05) is 13.3 Å². The maximum absolute atomic E-state index is 13.5. The average molecular weight is 624 g/mol. The Morgan fingerprint density at radius 3 is 2.53 bits per heavy atom. The molecule has 1 amide bonds. The van der Waals surface area contributed by atoms with Crippen molar-refractivity contribution in [2.24, 2.45) is 18.4 Å². The summed E-state index contributed by atoms with van der Waals surface area (Å²) in [5.74, 6) is 0.0838. The largest absolute Gasteiger partial charge is 0.476 e. The van der Waals surface area contributed by atoms with Crippen LogP contribution in [0.4, 0.5) is 19.0 Å². The molecule has 234 valence electrons. The lowest BCUT2D eigenvalue weighted by Gasteiger charge is -2.34. The van der Waals surface area contributed by atoms with Gasteiger partial charge in [-0.3, -0.25) is 9.48 Å². The third kappa shape index (κ3) is 5.95. The van der Waals surface area contributed by atoms with Crippen LogP contribution >= 0.6 is 0 Å². The molecule has 1 saturated heterocycles. The van der Waals surface area contributed by atoms with Crippen molar-refractivity contribution in [3.63, 3.8) is 0 Å². The summed E-state index contributed by atoms with van der Waals surface area (Å²) in [5, 5.41) is 8.23. The molecule has 1 saturated carbocycles. The van der Waals surface area contributed by atoms with Gasteiger partial charge in [0.25, 0.3) is 15.9 Å². The third-order valence-electron chi connectivity index (χ3n) is 8.47. The highest BCUT2D eigenvalue weighted by atomic mass is 32.2. The van der Waals surface area contributed by atoms with Crippen LogP contribution in [0, 0.1) is 18.3 Å². The zero-order chi connectivity index (χ0) is 31.4. The number of carbonyl (C=O) groups is 1. The molecule has 0 spiro atoms. The number of nitrogens with zero attached hydrogens (tertiary/aromatic N) is 6. The zero-order valence-corrected chi connectivity index (χ0v) is 25.6. The zero-order valence-electron chi connectivity index (χ0n) is 24.8. The van der Waals surface area contributed by atoms with Crippen molar-refractivity contribution < 1.29 is 31.1 Å². The van der Waals surface area contributed by atoms with Crippen molar-refractivity contribution in [1.29, 1.82) is 0 Å². The highest BCUT2D eigenvalue weighted by molar-refractivity contribution is 7.90. The molecule has 4 heterocycles. The molecule has 0 radical (unpaired) electrons. The van der Waals surface area contributed by atoms with Gasteiger partial charge in [-0.2, -0.15) is 18.3 Å². The SMILES string of the molecule is CCC[C@@H]1CN(c2nc(-n3ccc(OCC4(C(F)(F)F)CC4)n3)ccc2C(=O)NS(=O)(=O)c2cnn(C)c2C)C(C)(C)C1. The monoisotopic (exact) mass is 623 g/mol. The van der Waals surface area contributed by atoms with Crippen LogP contribution < -0.4 is 14.4 Å². The summed E-state index contributed by atoms with van der Waals surface area (Å²) < 4.78 is 76.6. The second-order valence-electron chi connectivity index (χ2n) is 12.1. The fourth-order valence-electron chi connectivity index (χ4n) is 5.67. The number of carbonyl (C=O) groups excluding carboxylic acids is 1. The number of sulfonamides is 1. The first-order chi connectivity index (χ1) is 20.1. The van der Waals surface area contributed by atoms with E-state index in [1.54, 1.807) is 14.0 Å². The molecule has 15 heteroatoms. The summed E-state index contributed by atoms with van der Waals surface area (Å²) in [6, 6.07) is 4.43. The molecular weight excluding hydrogens is 587 g/mol. The number of pyridine rings is 1. The first kappa shape index (κ1) is 30.8. The van der Waals surface area contributed by atoms with Gasteiger partial charge in [-0.25, -0.2) is 22.8 Å². The molecule has 2 fully saturated rings. The van der Waals surface area contributed by atoms with E-state index in [-0.39, 0.29) is 35.0 Å². The Morgan fingerprint density at radius 2 is 1.93 bits per heavy atom. The van der Waals surface area contributed by atoms with Crippen LogP contribution in [0.15, 0.2) is 35.5 Å². The highest BCUT2D eigenvalue weighted by Gasteiger charge is 2.64. The number of halogens is 3. The van der Waals surface area contributed by atoms with E-state index in [1.807, 2.05) is 18.7 Å². The third-order valence-corrected chi connectivity index (χ3v) is 9.91. The second-order valence-corrected chi connectivity index (χ2v) is 13.8. The molecule has 5 rings (SSSR count). The van der Waals surface area contributed by atoms with Crippen molar-refractivity contribution in [2.75, 3.05) is 18.1 Å². The summed E-state index contributed by atoms with van der Waals surface area (Å²) in [7, 11) is -2.63. The number of hydrogen-bond acceptors (Lipinski definition) is 8. The van der Waals surface area contributed by atoms with Gasteiger partial charge in [0.1, 0.15) is 22.7 Å². The minimum Gasteiger partial charge on any atom is -0.476 e. The van der Waals surface area contributed by atoms with E-state index in [0.717, 1.165) is 19.3 Å². The number of nitrogens with one attached hydrogen (secondary N) is 1. The summed E-state index contributed by atoms with van der Waals surface area (Å²) in [4.78, 5) is 20.2. The maximum atomic E-state index is 13.5. The van der Waals surface area contributed by atoms with Crippen LogP contribution in [0.25, 0.3) is 5.82 Å². The van der Waals surface area contributed by atoms with Crippen molar-refractivity contribution in [3.05, 3.63) is 41.9 Å². The van der Waals surface area contributed by atoms with Gasteiger partial charge < -0.3 is 9.64 Å². The van der Waals surface area contributed by atoms with E-state index < -0.39 is 39.7 Å². The number of rotatable bonds is 10. The number of hydrogen-bond donors (Lipinski definition) is 1. The fourth-order valence-corrected chi connectivity index (χ4v) is 6.84. The van der Waals surface area contributed by atoms with Crippen LogP contribution in [-0.4, -0.2) is 63.7 Å². The molecule has 0 unspecified atom stereocenters. The Balaban J connectivity index is 1.46. The Morgan fingerprint density at radius 1 is 1.21 bits per heavy atom. The molecule has 0 aromatic carbocycles. The van der Waals surface area contributed by atoms with Crippen molar-refractivity contribution in [3.8, 4) is 11.7 Å². The first-order valence-electron chi connectivity index (χ1n) is 14.2. The molecule has 1 atom stereocenters. The van der Waals surface area contributed by atoms with Crippen molar-refractivity contribution >= 4 is 21.7 Å². The van der Waals surface area contributed by atoms with E-state index in [2.05, 4.69) is 21.8 Å². The van der Waals surface area contributed by atoms with Crippen LogP contribution in [0.3, 0.4) is 0 Å². The molecule has 3 aromatic heterocycles. The van der Waals surface area contributed by atoms with Gasteiger partial charge in [0.05, 0.1) is 17.5 Å².